The Morgan fingerprint density at radius 3 is 2.71 bits per heavy atom. The molecule has 0 amide bonds. The largest absolute Gasteiger partial charge is 0.507 e. The summed E-state index contributed by atoms with van der Waals surface area (Å²) in [5, 5.41) is 20.3. The lowest BCUT2D eigenvalue weighted by molar-refractivity contribution is 0.451. The lowest BCUT2D eigenvalue weighted by Gasteiger charge is -1.94. The minimum absolute atomic E-state index is 0.106. The molecule has 0 fully saturated rings. The average Bonchev–Trinajstić information content (AvgIpc) is 2.70. The molecule has 0 aromatic heterocycles. The summed E-state index contributed by atoms with van der Waals surface area (Å²) in [6.45, 7) is 0. The summed E-state index contributed by atoms with van der Waals surface area (Å²) in [6.07, 6.45) is 5.61. The molecule has 0 saturated carbocycles. The second kappa shape index (κ2) is 2.26. The summed E-state index contributed by atoms with van der Waals surface area (Å²) in [7, 11) is 0. The Labute approximate surface area is 79.7 Å². The fourth-order valence-corrected chi connectivity index (χ4v) is 1.79. The van der Waals surface area contributed by atoms with Crippen LogP contribution in [-0.2, 0) is 0 Å². The number of phenolic OH excluding ortho intramolecular Hbond substituents is 2. The van der Waals surface area contributed by atoms with Crippen molar-refractivity contribution in [2.75, 3.05) is 0 Å². The van der Waals surface area contributed by atoms with Gasteiger partial charge in [-0.25, -0.2) is 4.99 Å². The number of aromatic hydroxyl groups is 2. The molecule has 0 bridgehead atoms. The number of phenols is 2. The van der Waals surface area contributed by atoms with Gasteiger partial charge in [0.15, 0.2) is 0 Å². The Hall–Kier alpha value is -2.03. The Morgan fingerprint density at radius 1 is 1.07 bits per heavy atom. The number of hydrogen-bond acceptors (Lipinski definition) is 3. The fourth-order valence-electron chi connectivity index (χ4n) is 1.79. The third kappa shape index (κ3) is 0.738. The first-order valence-corrected chi connectivity index (χ1v) is 4.30. The molecule has 3 heteroatoms. The fraction of sp³-hybridized carbons (Fsp3) is 0. The van der Waals surface area contributed by atoms with Crippen molar-refractivity contribution in [1.82, 2.24) is 0 Å². The second-order valence-corrected chi connectivity index (χ2v) is 3.26. The molecule has 3 nitrogen and oxygen atoms in total. The maximum atomic E-state index is 9.65. The molecule has 0 radical (unpaired) electrons. The molecule has 1 aromatic carbocycles. The van der Waals surface area contributed by atoms with Crippen LogP contribution in [0.1, 0.15) is 0 Å². The zero-order valence-electron chi connectivity index (χ0n) is 7.23. The lowest BCUT2D eigenvalue weighted by Crippen LogP contribution is -2.23. The molecule has 14 heavy (non-hydrogen) atoms. The van der Waals surface area contributed by atoms with Crippen molar-refractivity contribution in [3.63, 3.8) is 0 Å². The Balaban J connectivity index is 2.62. The maximum Gasteiger partial charge on any atom is 0.142 e. The highest BCUT2D eigenvalue weighted by Gasteiger charge is 2.17. The van der Waals surface area contributed by atoms with Crippen LogP contribution in [0.2, 0.25) is 0 Å². The van der Waals surface area contributed by atoms with Crippen molar-refractivity contribution in [2.24, 2.45) is 4.99 Å². The van der Waals surface area contributed by atoms with E-state index in [-0.39, 0.29) is 11.5 Å². The monoisotopic (exact) mass is 185 g/mol. The summed E-state index contributed by atoms with van der Waals surface area (Å²) < 4.78 is 0. The van der Waals surface area contributed by atoms with Gasteiger partial charge in [0, 0.05) is 5.57 Å². The summed E-state index contributed by atoms with van der Waals surface area (Å²) in [4.78, 5) is 4.23. The van der Waals surface area contributed by atoms with E-state index in [4.69, 9.17) is 0 Å². The van der Waals surface area contributed by atoms with E-state index in [1.54, 1.807) is 0 Å². The second-order valence-electron chi connectivity index (χ2n) is 3.26. The van der Waals surface area contributed by atoms with E-state index in [2.05, 4.69) is 4.99 Å². The van der Waals surface area contributed by atoms with Crippen molar-refractivity contribution < 1.29 is 10.2 Å². The summed E-state index contributed by atoms with van der Waals surface area (Å²) in [5.74, 6) is 0.264. The molecule has 68 valence electrons. The van der Waals surface area contributed by atoms with Crippen LogP contribution in [0.5, 0.6) is 11.5 Å². The van der Waals surface area contributed by atoms with E-state index in [0.717, 1.165) is 11.3 Å². The first-order valence-electron chi connectivity index (χ1n) is 4.30. The number of nitrogens with zero attached hydrogens (tertiary/aromatic N) is 1. The summed E-state index contributed by atoms with van der Waals surface area (Å²) in [5.41, 5.74) is 1.69. The van der Waals surface area contributed by atoms with Crippen LogP contribution in [0.4, 0.5) is 0 Å². The predicted molar refractivity (Wildman–Crippen MR) is 51.2 cm³/mol. The molecule has 1 heterocycles. The highest BCUT2D eigenvalue weighted by molar-refractivity contribution is 5.80. The standard InChI is InChI=1S/C11H7NO2/c13-8-4-5-9(14)11-10(8)6-2-1-3-7(6)12-11/h1-5,13-14H. The molecule has 2 aliphatic rings. The first-order chi connectivity index (χ1) is 6.77. The molecule has 1 aromatic rings. The van der Waals surface area contributed by atoms with E-state index in [0.29, 0.717) is 10.6 Å². The number of fused-ring (bicyclic) bond motifs is 2. The van der Waals surface area contributed by atoms with Crippen molar-refractivity contribution >= 4 is 5.57 Å². The zero-order chi connectivity index (χ0) is 9.71. The molecule has 0 saturated heterocycles. The molecular formula is C11H7NO2. The van der Waals surface area contributed by atoms with Gasteiger partial charge in [-0.15, -0.1) is 0 Å². The summed E-state index contributed by atoms with van der Waals surface area (Å²) in [6, 6.07) is 2.93. The minimum Gasteiger partial charge on any atom is -0.507 e. The average molecular weight is 185 g/mol. The summed E-state index contributed by atoms with van der Waals surface area (Å²) >= 11 is 0. The lowest BCUT2D eigenvalue weighted by atomic mass is 10.1. The van der Waals surface area contributed by atoms with Crippen molar-refractivity contribution in [2.45, 2.75) is 0 Å². The molecule has 3 rings (SSSR count). The Morgan fingerprint density at radius 2 is 1.86 bits per heavy atom. The molecule has 1 aliphatic carbocycles. The van der Waals surface area contributed by atoms with Gasteiger partial charge in [-0.1, -0.05) is 12.2 Å². The van der Waals surface area contributed by atoms with Crippen molar-refractivity contribution in [3.05, 3.63) is 46.6 Å². The number of hydrogen-bond donors (Lipinski definition) is 2. The predicted octanol–water partition coefficient (Wildman–Crippen LogP) is 0.335. The molecule has 2 N–H and O–H groups in total. The van der Waals surface area contributed by atoms with Gasteiger partial charge in [-0.2, -0.15) is 0 Å². The Bertz CT molecular complexity index is 609. The van der Waals surface area contributed by atoms with Gasteiger partial charge in [-0.05, 0) is 18.2 Å². The highest BCUT2D eigenvalue weighted by Crippen LogP contribution is 2.23. The third-order valence-electron chi connectivity index (χ3n) is 2.43. The van der Waals surface area contributed by atoms with Gasteiger partial charge in [0.1, 0.15) is 16.9 Å². The van der Waals surface area contributed by atoms with E-state index < -0.39 is 0 Å². The van der Waals surface area contributed by atoms with Gasteiger partial charge in [0.05, 0.1) is 10.9 Å². The van der Waals surface area contributed by atoms with E-state index in [1.807, 2.05) is 18.2 Å². The van der Waals surface area contributed by atoms with E-state index >= 15 is 0 Å². The van der Waals surface area contributed by atoms with Crippen LogP contribution in [-0.4, -0.2) is 10.2 Å². The van der Waals surface area contributed by atoms with E-state index in [9.17, 15) is 10.2 Å². The molecular weight excluding hydrogens is 178 g/mol. The van der Waals surface area contributed by atoms with Gasteiger partial charge < -0.3 is 10.2 Å². The van der Waals surface area contributed by atoms with Gasteiger partial charge in [-0.3, -0.25) is 0 Å². The topological polar surface area (TPSA) is 52.8 Å². The zero-order valence-corrected chi connectivity index (χ0v) is 7.23. The van der Waals surface area contributed by atoms with Crippen LogP contribution >= 0.6 is 0 Å². The number of allylic oxidation sites excluding steroid dienone is 3. The third-order valence-corrected chi connectivity index (χ3v) is 2.43. The van der Waals surface area contributed by atoms with Crippen LogP contribution in [0.15, 0.2) is 41.1 Å². The SMILES string of the molecule is Oc1ccc(O)c2c1=NC1=CC=CC=21. The maximum absolute atomic E-state index is 9.65. The quantitative estimate of drug-likeness (QED) is 0.572. The molecule has 0 spiro atoms. The number of benzene rings is 1. The van der Waals surface area contributed by atoms with Crippen LogP contribution in [0.3, 0.4) is 0 Å². The first kappa shape index (κ1) is 7.38. The molecule has 0 unspecified atom stereocenters. The molecule has 1 aliphatic heterocycles. The minimum atomic E-state index is 0.106. The van der Waals surface area contributed by atoms with Gasteiger partial charge in [0.2, 0.25) is 0 Å². The van der Waals surface area contributed by atoms with Crippen LogP contribution in [0.25, 0.3) is 5.57 Å². The normalized spacial score (nSPS) is 16.3. The number of rotatable bonds is 0. The van der Waals surface area contributed by atoms with Crippen molar-refractivity contribution in [1.29, 1.82) is 0 Å². The smallest absolute Gasteiger partial charge is 0.142 e. The van der Waals surface area contributed by atoms with Gasteiger partial charge in [0.25, 0.3) is 0 Å². The van der Waals surface area contributed by atoms with Crippen LogP contribution in [0, 0.1) is 0 Å². The van der Waals surface area contributed by atoms with Crippen LogP contribution < -0.4 is 10.6 Å². The van der Waals surface area contributed by atoms with Gasteiger partial charge >= 0.3 is 0 Å². The highest BCUT2D eigenvalue weighted by atomic mass is 16.3. The van der Waals surface area contributed by atoms with E-state index in [1.165, 1.54) is 12.1 Å². The van der Waals surface area contributed by atoms with Crippen molar-refractivity contribution in [3.8, 4) is 11.5 Å². The molecule has 0 atom stereocenters. The Kier molecular flexibility index (Phi) is 1.19.